The topological polar surface area (TPSA) is 71.9 Å². The van der Waals surface area contributed by atoms with Crippen molar-refractivity contribution in [1.82, 2.24) is 4.98 Å². The van der Waals surface area contributed by atoms with Crippen molar-refractivity contribution < 1.29 is 19.4 Å². The van der Waals surface area contributed by atoms with Crippen LogP contribution in [0.5, 0.6) is 5.88 Å². The van der Waals surface area contributed by atoms with Gasteiger partial charge in [-0.1, -0.05) is 0 Å². The standard InChI is InChI=1S/C13H18N2O4/c1-2-19-12-10(13(16)17)4-5-11(14-12)15-6-3-8-18-9-7-15/h4-5H,2-3,6-9H2,1H3,(H,16,17). The molecule has 0 radical (unpaired) electrons. The highest BCUT2D eigenvalue weighted by atomic mass is 16.5. The Balaban J connectivity index is 2.25. The minimum atomic E-state index is -1.03. The lowest BCUT2D eigenvalue weighted by molar-refractivity contribution is 0.0691. The Labute approximate surface area is 112 Å². The van der Waals surface area contributed by atoms with Crippen LogP contribution in [0.15, 0.2) is 12.1 Å². The van der Waals surface area contributed by atoms with Gasteiger partial charge in [-0.2, -0.15) is 4.98 Å². The number of nitrogens with zero attached hydrogens (tertiary/aromatic N) is 2. The number of ether oxygens (including phenoxy) is 2. The summed E-state index contributed by atoms with van der Waals surface area (Å²) in [5.74, 6) is -0.113. The van der Waals surface area contributed by atoms with Crippen LogP contribution in [-0.4, -0.2) is 49.0 Å². The summed E-state index contributed by atoms with van der Waals surface area (Å²) in [6, 6.07) is 3.26. The van der Waals surface area contributed by atoms with Gasteiger partial charge in [-0.25, -0.2) is 4.79 Å². The lowest BCUT2D eigenvalue weighted by Gasteiger charge is -2.21. The first kappa shape index (κ1) is 13.6. The maximum Gasteiger partial charge on any atom is 0.341 e. The number of aromatic carboxylic acids is 1. The monoisotopic (exact) mass is 266 g/mol. The van der Waals surface area contributed by atoms with Gasteiger partial charge in [0, 0.05) is 19.7 Å². The molecule has 2 rings (SSSR count). The van der Waals surface area contributed by atoms with Crippen LogP contribution < -0.4 is 9.64 Å². The van der Waals surface area contributed by atoms with Crippen LogP contribution in [0.4, 0.5) is 5.82 Å². The van der Waals surface area contributed by atoms with Crippen LogP contribution in [-0.2, 0) is 4.74 Å². The number of anilines is 1. The first-order valence-electron chi connectivity index (χ1n) is 6.42. The Bertz CT molecular complexity index is 442. The Morgan fingerprint density at radius 1 is 1.47 bits per heavy atom. The van der Waals surface area contributed by atoms with E-state index in [0.29, 0.717) is 13.2 Å². The normalized spacial score (nSPS) is 15.9. The molecule has 0 amide bonds. The van der Waals surface area contributed by atoms with Gasteiger partial charge in [0.25, 0.3) is 0 Å². The predicted molar refractivity (Wildman–Crippen MR) is 70.0 cm³/mol. The van der Waals surface area contributed by atoms with Gasteiger partial charge in [0.15, 0.2) is 0 Å². The van der Waals surface area contributed by atoms with E-state index in [9.17, 15) is 4.79 Å². The highest BCUT2D eigenvalue weighted by Gasteiger charge is 2.17. The number of hydrogen-bond donors (Lipinski definition) is 1. The summed E-state index contributed by atoms with van der Waals surface area (Å²) >= 11 is 0. The fourth-order valence-electron chi connectivity index (χ4n) is 1.99. The molecule has 1 aromatic rings. The molecule has 0 aliphatic carbocycles. The summed E-state index contributed by atoms with van der Waals surface area (Å²) in [4.78, 5) is 17.5. The average molecular weight is 266 g/mol. The van der Waals surface area contributed by atoms with E-state index < -0.39 is 5.97 Å². The molecule has 0 spiro atoms. The van der Waals surface area contributed by atoms with E-state index in [2.05, 4.69) is 9.88 Å². The third kappa shape index (κ3) is 3.35. The summed E-state index contributed by atoms with van der Waals surface area (Å²) in [6.45, 7) is 5.21. The van der Waals surface area contributed by atoms with Gasteiger partial charge in [0.1, 0.15) is 11.4 Å². The highest BCUT2D eigenvalue weighted by molar-refractivity contribution is 5.90. The molecule has 1 aromatic heterocycles. The summed E-state index contributed by atoms with van der Waals surface area (Å²) in [5, 5.41) is 9.08. The molecular weight excluding hydrogens is 248 g/mol. The molecule has 0 saturated carbocycles. The van der Waals surface area contributed by atoms with E-state index in [4.69, 9.17) is 14.6 Å². The Morgan fingerprint density at radius 3 is 3.05 bits per heavy atom. The highest BCUT2D eigenvalue weighted by Crippen LogP contribution is 2.22. The fourth-order valence-corrected chi connectivity index (χ4v) is 1.99. The van der Waals surface area contributed by atoms with E-state index in [1.165, 1.54) is 0 Å². The van der Waals surface area contributed by atoms with Gasteiger partial charge < -0.3 is 19.5 Å². The number of pyridine rings is 1. The molecule has 1 N–H and O–H groups in total. The van der Waals surface area contributed by atoms with Gasteiger partial charge in [0.05, 0.1) is 13.2 Å². The van der Waals surface area contributed by atoms with E-state index in [1.54, 1.807) is 19.1 Å². The molecular formula is C13H18N2O4. The quantitative estimate of drug-likeness (QED) is 0.888. The fraction of sp³-hybridized carbons (Fsp3) is 0.538. The van der Waals surface area contributed by atoms with Crippen LogP contribution in [0, 0.1) is 0 Å². The minimum absolute atomic E-state index is 0.0941. The molecule has 0 unspecified atom stereocenters. The minimum Gasteiger partial charge on any atom is -0.477 e. The second kappa shape index (κ2) is 6.38. The van der Waals surface area contributed by atoms with E-state index in [-0.39, 0.29) is 11.4 Å². The van der Waals surface area contributed by atoms with Crippen molar-refractivity contribution in [2.75, 3.05) is 37.8 Å². The Morgan fingerprint density at radius 2 is 2.32 bits per heavy atom. The van der Waals surface area contributed by atoms with Crippen molar-refractivity contribution in [3.63, 3.8) is 0 Å². The third-order valence-electron chi connectivity index (χ3n) is 2.90. The first-order valence-corrected chi connectivity index (χ1v) is 6.42. The second-order valence-corrected chi connectivity index (χ2v) is 4.21. The van der Waals surface area contributed by atoms with Crippen molar-refractivity contribution in [3.05, 3.63) is 17.7 Å². The van der Waals surface area contributed by atoms with E-state index in [0.717, 1.165) is 31.9 Å². The van der Waals surface area contributed by atoms with Crippen molar-refractivity contribution in [2.45, 2.75) is 13.3 Å². The Hall–Kier alpha value is -1.82. The average Bonchev–Trinajstić information content (AvgIpc) is 2.67. The van der Waals surface area contributed by atoms with Crippen LogP contribution in [0.3, 0.4) is 0 Å². The number of rotatable bonds is 4. The van der Waals surface area contributed by atoms with Gasteiger partial charge >= 0.3 is 5.97 Å². The number of hydrogen-bond acceptors (Lipinski definition) is 5. The molecule has 0 bridgehead atoms. The summed E-state index contributed by atoms with van der Waals surface area (Å²) < 4.78 is 10.7. The second-order valence-electron chi connectivity index (χ2n) is 4.21. The number of aromatic nitrogens is 1. The van der Waals surface area contributed by atoms with Crippen LogP contribution in [0.1, 0.15) is 23.7 Å². The molecule has 2 heterocycles. The van der Waals surface area contributed by atoms with Crippen LogP contribution >= 0.6 is 0 Å². The molecule has 6 heteroatoms. The maximum absolute atomic E-state index is 11.1. The zero-order chi connectivity index (χ0) is 13.7. The molecule has 0 atom stereocenters. The molecule has 0 aromatic carbocycles. The lowest BCUT2D eigenvalue weighted by Crippen LogP contribution is -2.27. The van der Waals surface area contributed by atoms with Crippen molar-refractivity contribution in [3.8, 4) is 5.88 Å². The number of carboxylic acids is 1. The maximum atomic E-state index is 11.1. The van der Waals surface area contributed by atoms with E-state index in [1.807, 2.05) is 0 Å². The van der Waals surface area contributed by atoms with Crippen molar-refractivity contribution in [1.29, 1.82) is 0 Å². The van der Waals surface area contributed by atoms with E-state index >= 15 is 0 Å². The predicted octanol–water partition coefficient (Wildman–Crippen LogP) is 1.41. The first-order chi connectivity index (χ1) is 9.22. The summed E-state index contributed by atoms with van der Waals surface area (Å²) in [5.41, 5.74) is 0.0941. The summed E-state index contributed by atoms with van der Waals surface area (Å²) in [7, 11) is 0. The van der Waals surface area contributed by atoms with Crippen LogP contribution in [0.25, 0.3) is 0 Å². The zero-order valence-corrected chi connectivity index (χ0v) is 11.0. The molecule has 1 aliphatic rings. The summed E-state index contributed by atoms with van der Waals surface area (Å²) in [6.07, 6.45) is 0.937. The molecule has 19 heavy (non-hydrogen) atoms. The van der Waals surface area contributed by atoms with Gasteiger partial charge in [-0.3, -0.25) is 0 Å². The molecule has 6 nitrogen and oxygen atoms in total. The molecule has 104 valence electrons. The number of carboxylic acid groups (broad SMARTS) is 1. The zero-order valence-electron chi connectivity index (χ0n) is 11.0. The third-order valence-corrected chi connectivity index (χ3v) is 2.90. The molecule has 1 aliphatic heterocycles. The van der Waals surface area contributed by atoms with Crippen molar-refractivity contribution in [2.24, 2.45) is 0 Å². The van der Waals surface area contributed by atoms with Gasteiger partial charge in [-0.05, 0) is 25.5 Å². The van der Waals surface area contributed by atoms with Crippen LogP contribution in [0.2, 0.25) is 0 Å². The SMILES string of the molecule is CCOc1nc(N2CCCOCC2)ccc1C(=O)O. The lowest BCUT2D eigenvalue weighted by atomic mass is 10.2. The smallest absolute Gasteiger partial charge is 0.341 e. The van der Waals surface area contributed by atoms with Gasteiger partial charge in [0.2, 0.25) is 5.88 Å². The molecule has 1 fully saturated rings. The molecule has 1 saturated heterocycles. The largest absolute Gasteiger partial charge is 0.477 e. The Kier molecular flexibility index (Phi) is 4.57. The van der Waals surface area contributed by atoms with Crippen molar-refractivity contribution >= 4 is 11.8 Å². The van der Waals surface area contributed by atoms with Gasteiger partial charge in [-0.15, -0.1) is 0 Å². The number of carbonyl (C=O) groups is 1.